The predicted octanol–water partition coefficient (Wildman–Crippen LogP) is 3.98. The molecule has 0 saturated carbocycles. The van der Waals surface area contributed by atoms with Crippen molar-refractivity contribution in [3.8, 4) is 0 Å². The summed E-state index contributed by atoms with van der Waals surface area (Å²) in [5, 5.41) is 5.26. The Kier molecular flexibility index (Phi) is 4.77. The predicted molar refractivity (Wildman–Crippen MR) is 77.9 cm³/mol. The molecule has 0 unspecified atom stereocenters. The van der Waals surface area contributed by atoms with Gasteiger partial charge in [-0.1, -0.05) is 34.4 Å². The van der Waals surface area contributed by atoms with E-state index in [-0.39, 0.29) is 0 Å². The van der Waals surface area contributed by atoms with Crippen molar-refractivity contribution in [2.75, 3.05) is 7.11 Å². The molecule has 0 N–H and O–H groups in total. The van der Waals surface area contributed by atoms with Crippen LogP contribution in [0.2, 0.25) is 10.0 Å². The van der Waals surface area contributed by atoms with Gasteiger partial charge in [0.1, 0.15) is 7.11 Å². The standard InChI is InChI=1S/C14H12Cl2N2O/c1-19-18-14(11-3-2-6-17-9-11)7-10-4-5-12(15)8-13(10)16/h2-6,8-9H,7H2,1H3/b18-14-. The maximum Gasteiger partial charge on any atom is 0.106 e. The van der Waals surface area contributed by atoms with Crippen molar-refractivity contribution >= 4 is 28.9 Å². The molecular weight excluding hydrogens is 283 g/mol. The van der Waals surface area contributed by atoms with Crippen molar-refractivity contribution in [2.24, 2.45) is 5.16 Å². The lowest BCUT2D eigenvalue weighted by Gasteiger charge is -2.07. The molecule has 2 aromatic rings. The number of oxime groups is 1. The van der Waals surface area contributed by atoms with Crippen LogP contribution in [0.1, 0.15) is 11.1 Å². The lowest BCUT2D eigenvalue weighted by Crippen LogP contribution is -2.07. The van der Waals surface area contributed by atoms with Crippen LogP contribution in [-0.2, 0) is 11.3 Å². The Morgan fingerprint density at radius 3 is 2.79 bits per heavy atom. The average Bonchev–Trinajstić information content (AvgIpc) is 2.42. The van der Waals surface area contributed by atoms with Crippen LogP contribution in [0, 0.1) is 0 Å². The topological polar surface area (TPSA) is 34.5 Å². The monoisotopic (exact) mass is 294 g/mol. The molecule has 0 aliphatic heterocycles. The average molecular weight is 295 g/mol. The minimum Gasteiger partial charge on any atom is -0.399 e. The number of aromatic nitrogens is 1. The van der Waals surface area contributed by atoms with Gasteiger partial charge in [-0.05, 0) is 29.8 Å². The molecule has 0 fully saturated rings. The molecule has 0 atom stereocenters. The van der Waals surface area contributed by atoms with Gasteiger partial charge in [0.15, 0.2) is 0 Å². The van der Waals surface area contributed by atoms with E-state index in [1.165, 1.54) is 7.11 Å². The number of halogens is 2. The zero-order chi connectivity index (χ0) is 13.7. The molecule has 0 aliphatic carbocycles. The molecule has 1 heterocycles. The Hall–Kier alpha value is -1.58. The number of hydrogen-bond acceptors (Lipinski definition) is 3. The maximum atomic E-state index is 6.17. The van der Waals surface area contributed by atoms with Gasteiger partial charge in [-0.15, -0.1) is 0 Å². The third kappa shape index (κ3) is 3.69. The van der Waals surface area contributed by atoms with Crippen LogP contribution < -0.4 is 0 Å². The third-order valence-electron chi connectivity index (χ3n) is 2.57. The van der Waals surface area contributed by atoms with Gasteiger partial charge < -0.3 is 4.84 Å². The van der Waals surface area contributed by atoms with Crippen molar-refractivity contribution in [3.63, 3.8) is 0 Å². The van der Waals surface area contributed by atoms with E-state index in [1.54, 1.807) is 24.5 Å². The fourth-order valence-corrected chi connectivity index (χ4v) is 2.15. The van der Waals surface area contributed by atoms with Crippen molar-refractivity contribution in [1.29, 1.82) is 0 Å². The SMILES string of the molecule is CO/N=C(/Cc1ccc(Cl)cc1Cl)c1cccnc1. The second kappa shape index (κ2) is 6.55. The molecule has 1 aromatic carbocycles. The number of pyridine rings is 1. The summed E-state index contributed by atoms with van der Waals surface area (Å²) < 4.78 is 0. The molecule has 98 valence electrons. The summed E-state index contributed by atoms with van der Waals surface area (Å²) in [5.41, 5.74) is 2.60. The molecular formula is C14H12Cl2N2O. The molecule has 0 amide bonds. The van der Waals surface area contributed by atoms with Gasteiger partial charge in [-0.3, -0.25) is 4.98 Å². The van der Waals surface area contributed by atoms with Crippen molar-refractivity contribution in [2.45, 2.75) is 6.42 Å². The summed E-state index contributed by atoms with van der Waals surface area (Å²) in [6.07, 6.45) is 4.00. The smallest absolute Gasteiger partial charge is 0.106 e. The summed E-state index contributed by atoms with van der Waals surface area (Å²) in [7, 11) is 1.51. The zero-order valence-electron chi connectivity index (χ0n) is 10.3. The quantitative estimate of drug-likeness (QED) is 0.631. The Morgan fingerprint density at radius 1 is 1.32 bits per heavy atom. The summed E-state index contributed by atoms with van der Waals surface area (Å²) >= 11 is 12.0. The maximum absolute atomic E-state index is 6.17. The number of hydrogen-bond donors (Lipinski definition) is 0. The summed E-state index contributed by atoms with van der Waals surface area (Å²) in [6, 6.07) is 9.17. The van der Waals surface area contributed by atoms with Gasteiger partial charge in [0.25, 0.3) is 0 Å². The van der Waals surface area contributed by atoms with E-state index in [2.05, 4.69) is 10.1 Å². The van der Waals surface area contributed by atoms with Crippen molar-refractivity contribution < 1.29 is 4.84 Å². The van der Waals surface area contributed by atoms with Crippen LogP contribution >= 0.6 is 23.2 Å². The summed E-state index contributed by atoms with van der Waals surface area (Å²) in [5.74, 6) is 0. The van der Waals surface area contributed by atoms with Crippen LogP contribution in [0.5, 0.6) is 0 Å². The zero-order valence-corrected chi connectivity index (χ0v) is 11.8. The van der Waals surface area contributed by atoms with Crippen LogP contribution in [-0.4, -0.2) is 17.8 Å². The van der Waals surface area contributed by atoms with Crippen LogP contribution in [0.4, 0.5) is 0 Å². The first-order chi connectivity index (χ1) is 9.20. The fourth-order valence-electron chi connectivity index (χ4n) is 1.68. The highest BCUT2D eigenvalue weighted by Crippen LogP contribution is 2.22. The number of benzene rings is 1. The third-order valence-corrected chi connectivity index (χ3v) is 3.16. The van der Waals surface area contributed by atoms with Gasteiger partial charge >= 0.3 is 0 Å². The van der Waals surface area contributed by atoms with Crippen molar-refractivity contribution in [3.05, 3.63) is 63.9 Å². The van der Waals surface area contributed by atoms with E-state index in [9.17, 15) is 0 Å². The molecule has 2 rings (SSSR count). The van der Waals surface area contributed by atoms with Crippen LogP contribution in [0.25, 0.3) is 0 Å². The highest BCUT2D eigenvalue weighted by molar-refractivity contribution is 6.35. The van der Waals surface area contributed by atoms with Gasteiger partial charge in [0, 0.05) is 34.4 Å². The Bertz CT molecular complexity index is 585. The molecule has 5 heteroatoms. The molecule has 0 bridgehead atoms. The van der Waals surface area contributed by atoms with E-state index < -0.39 is 0 Å². The van der Waals surface area contributed by atoms with E-state index in [0.29, 0.717) is 16.5 Å². The summed E-state index contributed by atoms with van der Waals surface area (Å²) in [6.45, 7) is 0. The minimum atomic E-state index is 0.551. The molecule has 0 radical (unpaired) electrons. The Labute approximate surface area is 121 Å². The molecule has 0 spiro atoms. The number of rotatable bonds is 4. The first-order valence-electron chi connectivity index (χ1n) is 5.65. The van der Waals surface area contributed by atoms with Crippen LogP contribution in [0.3, 0.4) is 0 Å². The molecule has 0 saturated heterocycles. The fraction of sp³-hybridized carbons (Fsp3) is 0.143. The molecule has 19 heavy (non-hydrogen) atoms. The van der Waals surface area contributed by atoms with Gasteiger partial charge in [0.2, 0.25) is 0 Å². The van der Waals surface area contributed by atoms with E-state index >= 15 is 0 Å². The number of nitrogens with zero attached hydrogens (tertiary/aromatic N) is 2. The largest absolute Gasteiger partial charge is 0.399 e. The lowest BCUT2D eigenvalue weighted by atomic mass is 10.0. The minimum absolute atomic E-state index is 0.551. The van der Waals surface area contributed by atoms with E-state index in [0.717, 1.165) is 16.8 Å². The second-order valence-corrected chi connectivity index (χ2v) is 4.72. The van der Waals surface area contributed by atoms with Gasteiger partial charge in [0.05, 0.1) is 5.71 Å². The van der Waals surface area contributed by atoms with Crippen LogP contribution in [0.15, 0.2) is 47.9 Å². The second-order valence-electron chi connectivity index (χ2n) is 3.87. The molecule has 3 nitrogen and oxygen atoms in total. The summed E-state index contributed by atoms with van der Waals surface area (Å²) in [4.78, 5) is 8.96. The van der Waals surface area contributed by atoms with E-state index in [1.807, 2.05) is 18.2 Å². The highest BCUT2D eigenvalue weighted by atomic mass is 35.5. The van der Waals surface area contributed by atoms with E-state index in [4.69, 9.17) is 28.0 Å². The highest BCUT2D eigenvalue weighted by Gasteiger charge is 2.09. The van der Waals surface area contributed by atoms with Gasteiger partial charge in [-0.2, -0.15) is 0 Å². The molecule has 0 aliphatic rings. The van der Waals surface area contributed by atoms with Gasteiger partial charge in [-0.25, -0.2) is 0 Å². The normalized spacial score (nSPS) is 11.4. The first kappa shape index (κ1) is 13.8. The Morgan fingerprint density at radius 2 is 2.16 bits per heavy atom. The lowest BCUT2D eigenvalue weighted by molar-refractivity contribution is 0.213. The molecule has 1 aromatic heterocycles. The van der Waals surface area contributed by atoms with Crippen molar-refractivity contribution in [1.82, 2.24) is 4.98 Å². The Balaban J connectivity index is 2.30. The first-order valence-corrected chi connectivity index (χ1v) is 6.40.